The van der Waals surface area contributed by atoms with Gasteiger partial charge in [-0.05, 0) is 35.9 Å². The number of non-ortho nitro benzene ring substituents is 2. The van der Waals surface area contributed by atoms with Gasteiger partial charge in [-0.15, -0.1) is 0 Å². The summed E-state index contributed by atoms with van der Waals surface area (Å²) in [6.45, 7) is 0. The van der Waals surface area contributed by atoms with E-state index in [1.165, 1.54) is 73.0 Å². The Balaban J connectivity index is 1.89. The minimum Gasteiger partial charge on any atom is -0.459 e. The summed E-state index contributed by atoms with van der Waals surface area (Å²) in [4.78, 5) is 45.7. The van der Waals surface area contributed by atoms with Gasteiger partial charge in [0.15, 0.2) is 5.76 Å². The van der Waals surface area contributed by atoms with Gasteiger partial charge in [0.2, 0.25) is 0 Å². The highest BCUT2D eigenvalue weighted by Crippen LogP contribution is 2.18. The number of nitro benzene ring substituents is 2. The van der Waals surface area contributed by atoms with Crippen molar-refractivity contribution in [3.05, 3.63) is 104 Å². The smallest absolute Gasteiger partial charge is 0.291 e. The molecule has 2 aromatic carbocycles. The van der Waals surface area contributed by atoms with E-state index in [2.05, 4.69) is 10.6 Å². The number of nitrogens with zero attached hydrogens (tertiary/aromatic N) is 2. The van der Waals surface area contributed by atoms with E-state index in [1.54, 1.807) is 0 Å². The van der Waals surface area contributed by atoms with Gasteiger partial charge in [0.25, 0.3) is 23.2 Å². The van der Waals surface area contributed by atoms with Gasteiger partial charge in [-0.2, -0.15) is 0 Å². The molecule has 0 aliphatic rings. The molecule has 2 amide bonds. The summed E-state index contributed by atoms with van der Waals surface area (Å²) in [6, 6.07) is 13.4. The average molecular weight is 422 g/mol. The molecule has 0 aliphatic carbocycles. The zero-order chi connectivity index (χ0) is 22.4. The number of carbonyl (C=O) groups is 2. The van der Waals surface area contributed by atoms with E-state index < -0.39 is 21.7 Å². The first kappa shape index (κ1) is 20.9. The number of hydrogen-bond donors (Lipinski definition) is 2. The fourth-order valence-electron chi connectivity index (χ4n) is 2.51. The molecule has 0 saturated heterocycles. The fraction of sp³-hybridized carbons (Fsp3) is 0. The number of hydrogen-bond acceptors (Lipinski definition) is 7. The first-order valence-electron chi connectivity index (χ1n) is 8.70. The Morgan fingerprint density at radius 1 is 0.903 bits per heavy atom. The Hall–Kier alpha value is -4.80. The molecule has 0 fully saturated rings. The molecule has 11 heteroatoms. The zero-order valence-corrected chi connectivity index (χ0v) is 15.7. The van der Waals surface area contributed by atoms with Crippen LogP contribution in [0.4, 0.5) is 17.1 Å². The highest BCUT2D eigenvalue weighted by Gasteiger charge is 2.17. The second-order valence-electron chi connectivity index (χ2n) is 6.10. The van der Waals surface area contributed by atoms with Gasteiger partial charge in [0.1, 0.15) is 5.70 Å². The van der Waals surface area contributed by atoms with Crippen LogP contribution in [-0.4, -0.2) is 21.7 Å². The molecule has 3 rings (SSSR count). The highest BCUT2D eigenvalue weighted by molar-refractivity contribution is 6.10. The number of benzene rings is 2. The van der Waals surface area contributed by atoms with E-state index in [0.717, 1.165) is 0 Å². The maximum atomic E-state index is 12.8. The predicted molar refractivity (Wildman–Crippen MR) is 109 cm³/mol. The second-order valence-corrected chi connectivity index (χ2v) is 6.10. The van der Waals surface area contributed by atoms with Crippen LogP contribution in [0.5, 0.6) is 0 Å². The molecular formula is C20H14N4O7. The molecule has 0 aliphatic heterocycles. The Morgan fingerprint density at radius 2 is 1.61 bits per heavy atom. The quantitative estimate of drug-likeness (QED) is 0.335. The number of anilines is 1. The van der Waals surface area contributed by atoms with Crippen LogP contribution in [0, 0.1) is 20.2 Å². The molecule has 11 nitrogen and oxygen atoms in total. The summed E-state index contributed by atoms with van der Waals surface area (Å²) in [5.74, 6) is -1.51. The molecule has 0 radical (unpaired) electrons. The van der Waals surface area contributed by atoms with E-state index in [4.69, 9.17) is 4.42 Å². The lowest BCUT2D eigenvalue weighted by Gasteiger charge is -2.10. The molecule has 3 aromatic rings. The average Bonchev–Trinajstić information content (AvgIpc) is 3.29. The van der Waals surface area contributed by atoms with Gasteiger partial charge in [-0.25, -0.2) is 0 Å². The van der Waals surface area contributed by atoms with Crippen LogP contribution >= 0.6 is 0 Å². The number of nitro groups is 2. The third kappa shape index (κ3) is 5.38. The van der Waals surface area contributed by atoms with Crippen LogP contribution in [0.15, 0.2) is 77.0 Å². The molecule has 0 bridgehead atoms. The highest BCUT2D eigenvalue weighted by atomic mass is 16.6. The first-order valence-corrected chi connectivity index (χ1v) is 8.70. The molecule has 0 saturated carbocycles. The standard InChI is InChI=1S/C20H14N4O7/c25-19(21-14-6-8-15(9-7-14)23(27)28)17(22-20(26)18-5-2-10-31-18)12-13-3-1-4-16(11-13)24(29)30/h1-12H,(H,21,25)(H,22,26). The lowest BCUT2D eigenvalue weighted by molar-refractivity contribution is -0.385. The summed E-state index contributed by atoms with van der Waals surface area (Å²) in [5.41, 5.74) is -0.0337. The van der Waals surface area contributed by atoms with E-state index in [1.807, 2.05) is 0 Å². The molecule has 0 spiro atoms. The van der Waals surface area contributed by atoms with E-state index >= 15 is 0 Å². The van der Waals surface area contributed by atoms with Crippen molar-refractivity contribution < 1.29 is 23.9 Å². The third-order valence-electron chi connectivity index (χ3n) is 3.97. The van der Waals surface area contributed by atoms with Crippen molar-refractivity contribution in [1.82, 2.24) is 5.32 Å². The third-order valence-corrected chi connectivity index (χ3v) is 3.97. The topological polar surface area (TPSA) is 158 Å². The molecule has 0 atom stereocenters. The number of rotatable bonds is 7. The van der Waals surface area contributed by atoms with Crippen LogP contribution in [-0.2, 0) is 4.79 Å². The minimum atomic E-state index is -0.750. The van der Waals surface area contributed by atoms with Crippen LogP contribution in [0.25, 0.3) is 6.08 Å². The van der Waals surface area contributed by atoms with Crippen molar-refractivity contribution in [3.8, 4) is 0 Å². The molecule has 156 valence electrons. The predicted octanol–water partition coefficient (Wildman–Crippen LogP) is 3.51. The van der Waals surface area contributed by atoms with Crippen molar-refractivity contribution in [3.63, 3.8) is 0 Å². The van der Waals surface area contributed by atoms with E-state index in [-0.39, 0.29) is 28.5 Å². The molecule has 2 N–H and O–H groups in total. The van der Waals surface area contributed by atoms with Crippen molar-refractivity contribution >= 4 is 35.0 Å². The number of amides is 2. The first-order chi connectivity index (χ1) is 14.8. The van der Waals surface area contributed by atoms with E-state index in [0.29, 0.717) is 5.56 Å². The van der Waals surface area contributed by atoms with Crippen molar-refractivity contribution in [2.24, 2.45) is 0 Å². The van der Waals surface area contributed by atoms with Gasteiger partial charge in [0.05, 0.1) is 16.1 Å². The number of carbonyl (C=O) groups excluding carboxylic acids is 2. The van der Waals surface area contributed by atoms with Crippen LogP contribution in [0.1, 0.15) is 16.1 Å². The van der Waals surface area contributed by atoms with Crippen LogP contribution < -0.4 is 10.6 Å². The minimum absolute atomic E-state index is 0.0481. The lowest BCUT2D eigenvalue weighted by atomic mass is 10.1. The van der Waals surface area contributed by atoms with Crippen LogP contribution in [0.3, 0.4) is 0 Å². The van der Waals surface area contributed by atoms with Crippen LogP contribution in [0.2, 0.25) is 0 Å². The van der Waals surface area contributed by atoms with Crippen molar-refractivity contribution in [1.29, 1.82) is 0 Å². The van der Waals surface area contributed by atoms with Gasteiger partial charge in [-0.3, -0.25) is 29.8 Å². The number of furan rings is 1. The monoisotopic (exact) mass is 422 g/mol. The Morgan fingerprint density at radius 3 is 2.23 bits per heavy atom. The molecule has 31 heavy (non-hydrogen) atoms. The second kappa shape index (κ2) is 9.13. The van der Waals surface area contributed by atoms with Gasteiger partial charge in [0, 0.05) is 30.0 Å². The largest absolute Gasteiger partial charge is 0.459 e. The lowest BCUT2D eigenvalue weighted by Crippen LogP contribution is -2.30. The van der Waals surface area contributed by atoms with E-state index in [9.17, 15) is 29.8 Å². The molecule has 0 unspecified atom stereocenters. The summed E-state index contributed by atoms with van der Waals surface area (Å²) in [7, 11) is 0. The normalized spacial score (nSPS) is 10.9. The van der Waals surface area contributed by atoms with Gasteiger partial charge in [-0.1, -0.05) is 12.1 Å². The summed E-state index contributed by atoms with van der Waals surface area (Å²) < 4.78 is 5.01. The zero-order valence-electron chi connectivity index (χ0n) is 15.7. The summed E-state index contributed by atoms with van der Waals surface area (Å²) in [5, 5.41) is 26.7. The van der Waals surface area contributed by atoms with Crippen molar-refractivity contribution in [2.45, 2.75) is 0 Å². The number of nitrogens with one attached hydrogen (secondary N) is 2. The summed E-state index contributed by atoms with van der Waals surface area (Å²) in [6.07, 6.45) is 2.55. The molecular weight excluding hydrogens is 408 g/mol. The Kier molecular flexibility index (Phi) is 6.16. The Bertz CT molecular complexity index is 1170. The van der Waals surface area contributed by atoms with Gasteiger partial charge < -0.3 is 15.1 Å². The summed E-state index contributed by atoms with van der Waals surface area (Å²) >= 11 is 0. The molecule has 1 heterocycles. The maximum Gasteiger partial charge on any atom is 0.291 e. The Labute approximate surface area is 174 Å². The maximum absolute atomic E-state index is 12.8. The van der Waals surface area contributed by atoms with Gasteiger partial charge >= 0.3 is 0 Å². The SMILES string of the molecule is O=C(Nc1ccc([N+](=O)[O-])cc1)C(=Cc1cccc([N+](=O)[O-])c1)NC(=O)c1ccco1. The van der Waals surface area contributed by atoms with Crippen molar-refractivity contribution in [2.75, 3.05) is 5.32 Å². The fourth-order valence-corrected chi connectivity index (χ4v) is 2.51. The molecule has 1 aromatic heterocycles.